The van der Waals surface area contributed by atoms with Crippen LogP contribution in [0.25, 0.3) is 0 Å². The van der Waals surface area contributed by atoms with Gasteiger partial charge in [-0.2, -0.15) is 0 Å². The van der Waals surface area contributed by atoms with E-state index in [2.05, 4.69) is 4.99 Å². The number of nitrogens with zero attached hydrogens (tertiary/aromatic N) is 1. The van der Waals surface area contributed by atoms with Crippen LogP contribution in [0.5, 0.6) is 0 Å². The van der Waals surface area contributed by atoms with Gasteiger partial charge in [0.2, 0.25) is 0 Å². The van der Waals surface area contributed by atoms with Crippen molar-refractivity contribution in [2.24, 2.45) is 4.99 Å². The first-order valence-corrected chi connectivity index (χ1v) is 2.22. The molecular weight excluding hydrogens is 177 g/mol. The van der Waals surface area contributed by atoms with E-state index < -0.39 is 6.10 Å². The van der Waals surface area contributed by atoms with E-state index in [4.69, 9.17) is 5.11 Å². The van der Waals surface area contributed by atoms with Gasteiger partial charge in [0.05, 0.1) is 0 Å². The van der Waals surface area contributed by atoms with E-state index in [9.17, 15) is 4.79 Å². The molecular formula is C5H7Cl2NO2. The first-order valence-electron chi connectivity index (χ1n) is 2.22. The molecule has 0 saturated heterocycles. The maximum absolute atomic E-state index is 10.4. The van der Waals surface area contributed by atoms with Crippen LogP contribution in [0.1, 0.15) is 0 Å². The predicted molar refractivity (Wildman–Crippen MR) is 43.1 cm³/mol. The van der Waals surface area contributed by atoms with E-state index in [1.807, 2.05) is 0 Å². The molecule has 1 N–H and O–H groups in total. The van der Waals surface area contributed by atoms with Crippen molar-refractivity contribution in [1.29, 1.82) is 0 Å². The van der Waals surface area contributed by atoms with Crippen LogP contribution >= 0.6 is 24.8 Å². The Bertz CT molecular complexity index is 167. The minimum atomic E-state index is -1.01. The van der Waals surface area contributed by atoms with Gasteiger partial charge >= 0.3 is 0 Å². The molecule has 1 aliphatic heterocycles. The van der Waals surface area contributed by atoms with Crippen molar-refractivity contribution >= 4 is 36.8 Å². The van der Waals surface area contributed by atoms with Gasteiger partial charge < -0.3 is 5.11 Å². The minimum absolute atomic E-state index is 0. The third-order valence-corrected chi connectivity index (χ3v) is 0.844. The lowest BCUT2D eigenvalue weighted by Gasteiger charge is -1.99. The molecule has 1 rings (SSSR count). The zero-order chi connectivity index (χ0) is 5.98. The number of aliphatic hydroxyl groups is 1. The molecule has 58 valence electrons. The summed E-state index contributed by atoms with van der Waals surface area (Å²) in [6, 6.07) is 0. The van der Waals surface area contributed by atoms with E-state index in [1.54, 1.807) is 0 Å². The summed E-state index contributed by atoms with van der Waals surface area (Å²) < 4.78 is 0. The number of aliphatic hydroxyl groups excluding tert-OH is 1. The summed E-state index contributed by atoms with van der Waals surface area (Å²) in [6.07, 6.45) is 2.78. The number of ketones is 1. The molecule has 1 aliphatic rings. The second kappa shape index (κ2) is 5.41. The third-order valence-electron chi connectivity index (χ3n) is 0.844. The van der Waals surface area contributed by atoms with Crippen molar-refractivity contribution in [3.63, 3.8) is 0 Å². The van der Waals surface area contributed by atoms with Crippen molar-refractivity contribution in [3.05, 3.63) is 12.3 Å². The molecule has 0 radical (unpaired) electrons. The highest BCUT2D eigenvalue weighted by Crippen LogP contribution is 1.91. The second-order valence-electron chi connectivity index (χ2n) is 1.46. The van der Waals surface area contributed by atoms with Crippen LogP contribution < -0.4 is 0 Å². The smallest absolute Gasteiger partial charge is 0.191 e. The molecule has 0 amide bonds. The molecule has 0 bridgehead atoms. The van der Waals surface area contributed by atoms with Crippen LogP contribution in [0, 0.1) is 0 Å². The maximum atomic E-state index is 10.4. The Kier molecular flexibility index (Phi) is 6.66. The molecule has 10 heavy (non-hydrogen) atoms. The van der Waals surface area contributed by atoms with Crippen LogP contribution in [0.4, 0.5) is 0 Å². The fourth-order valence-corrected chi connectivity index (χ4v) is 0.420. The lowest BCUT2D eigenvalue weighted by atomic mass is 10.2. The SMILES string of the molecule is Cl.Cl.O=C1C=CN=CC1O. The third kappa shape index (κ3) is 2.96. The van der Waals surface area contributed by atoms with Gasteiger partial charge in [0, 0.05) is 18.5 Å². The minimum Gasteiger partial charge on any atom is -0.379 e. The van der Waals surface area contributed by atoms with E-state index in [0.29, 0.717) is 0 Å². The number of hydrogen-bond donors (Lipinski definition) is 1. The second-order valence-corrected chi connectivity index (χ2v) is 1.46. The van der Waals surface area contributed by atoms with Gasteiger partial charge in [0.15, 0.2) is 11.9 Å². The zero-order valence-electron chi connectivity index (χ0n) is 4.93. The van der Waals surface area contributed by atoms with Gasteiger partial charge in [0.1, 0.15) is 0 Å². The quantitative estimate of drug-likeness (QED) is 0.590. The zero-order valence-corrected chi connectivity index (χ0v) is 6.56. The number of hydrogen-bond acceptors (Lipinski definition) is 3. The first kappa shape index (κ1) is 12.3. The van der Waals surface area contributed by atoms with Crippen molar-refractivity contribution < 1.29 is 9.90 Å². The lowest BCUT2D eigenvalue weighted by molar-refractivity contribution is -0.119. The summed E-state index contributed by atoms with van der Waals surface area (Å²) in [4.78, 5) is 13.9. The molecule has 0 aromatic heterocycles. The maximum Gasteiger partial charge on any atom is 0.191 e. The van der Waals surface area contributed by atoms with Gasteiger partial charge in [0.25, 0.3) is 0 Å². The molecule has 1 heterocycles. The fraction of sp³-hybridized carbons (Fsp3) is 0.200. The van der Waals surface area contributed by atoms with Gasteiger partial charge in [-0.25, -0.2) is 0 Å². The fourth-order valence-electron chi connectivity index (χ4n) is 0.420. The summed E-state index contributed by atoms with van der Waals surface area (Å²) in [7, 11) is 0. The molecule has 1 unspecified atom stereocenters. The lowest BCUT2D eigenvalue weighted by Crippen LogP contribution is -2.20. The van der Waals surface area contributed by atoms with E-state index in [1.165, 1.54) is 18.5 Å². The standard InChI is InChI=1S/C5H5NO2.2ClH/c7-4-1-2-6-3-5(4)8;;/h1-3,5,8H;2*1H. The first-order chi connectivity index (χ1) is 3.80. The predicted octanol–water partition coefficient (Wildman–Crippen LogP) is 0.358. The molecule has 0 saturated carbocycles. The van der Waals surface area contributed by atoms with E-state index in [0.717, 1.165) is 0 Å². The molecule has 0 aromatic carbocycles. The Balaban J connectivity index is 0. The summed E-state index contributed by atoms with van der Waals surface area (Å²) in [5, 5.41) is 8.63. The largest absolute Gasteiger partial charge is 0.379 e. The number of halogens is 2. The summed E-state index contributed by atoms with van der Waals surface area (Å²) in [6.45, 7) is 0. The Labute approximate surface area is 70.7 Å². The number of carbonyl (C=O) groups excluding carboxylic acids is 1. The molecule has 0 aliphatic carbocycles. The van der Waals surface area contributed by atoms with E-state index >= 15 is 0 Å². The summed E-state index contributed by atoms with van der Waals surface area (Å²) in [5.74, 6) is -0.306. The van der Waals surface area contributed by atoms with Crippen LogP contribution in [0.3, 0.4) is 0 Å². The van der Waals surface area contributed by atoms with Crippen molar-refractivity contribution in [1.82, 2.24) is 0 Å². The molecule has 0 spiro atoms. The molecule has 0 aromatic rings. The van der Waals surface area contributed by atoms with Crippen LogP contribution in [-0.4, -0.2) is 23.2 Å². The Morgan fingerprint density at radius 3 is 2.40 bits per heavy atom. The topological polar surface area (TPSA) is 49.7 Å². The number of rotatable bonds is 0. The van der Waals surface area contributed by atoms with E-state index in [-0.39, 0.29) is 30.6 Å². The van der Waals surface area contributed by atoms with Crippen molar-refractivity contribution in [2.45, 2.75) is 6.10 Å². The van der Waals surface area contributed by atoms with Gasteiger partial charge in [-0.1, -0.05) is 0 Å². The Hall–Kier alpha value is -0.380. The van der Waals surface area contributed by atoms with Crippen molar-refractivity contribution in [2.75, 3.05) is 0 Å². The monoisotopic (exact) mass is 183 g/mol. The Morgan fingerprint density at radius 2 is 2.10 bits per heavy atom. The summed E-state index contributed by atoms with van der Waals surface area (Å²) in [5.41, 5.74) is 0. The van der Waals surface area contributed by atoms with Gasteiger partial charge in [-0.05, 0) is 0 Å². The average Bonchev–Trinajstić information content (AvgIpc) is 1.77. The highest BCUT2D eigenvalue weighted by molar-refractivity contribution is 6.05. The molecule has 5 heteroatoms. The van der Waals surface area contributed by atoms with Gasteiger partial charge in [-0.15, -0.1) is 24.8 Å². The Morgan fingerprint density at radius 1 is 1.50 bits per heavy atom. The summed E-state index contributed by atoms with van der Waals surface area (Å²) >= 11 is 0. The molecule has 3 nitrogen and oxygen atoms in total. The highest BCUT2D eigenvalue weighted by atomic mass is 35.5. The van der Waals surface area contributed by atoms with Gasteiger partial charge in [-0.3, -0.25) is 9.79 Å². The van der Waals surface area contributed by atoms with Crippen LogP contribution in [0.2, 0.25) is 0 Å². The number of aliphatic imine (C=N–C) groups is 1. The number of carbonyl (C=O) groups is 1. The van der Waals surface area contributed by atoms with Crippen molar-refractivity contribution in [3.8, 4) is 0 Å². The molecule has 0 fully saturated rings. The highest BCUT2D eigenvalue weighted by Gasteiger charge is 2.09. The normalized spacial score (nSPS) is 21.3. The molecule has 1 atom stereocenters. The average molecular weight is 184 g/mol. The van der Waals surface area contributed by atoms with Crippen LogP contribution in [-0.2, 0) is 4.79 Å². The van der Waals surface area contributed by atoms with Crippen LogP contribution in [0.15, 0.2) is 17.3 Å².